The molecular weight excluding hydrogens is 548 g/mol. The van der Waals surface area contributed by atoms with Gasteiger partial charge in [-0.2, -0.15) is 0 Å². The van der Waals surface area contributed by atoms with Crippen LogP contribution in [0.15, 0.2) is 68.0 Å². The van der Waals surface area contributed by atoms with Gasteiger partial charge in [-0.1, -0.05) is 48.6 Å². The number of ether oxygens (including phenoxy) is 3. The number of nitrogens with zero attached hydrogens (tertiary/aromatic N) is 2. The van der Waals surface area contributed by atoms with Crippen LogP contribution in [0.3, 0.4) is 0 Å². The number of allylic oxidation sites excluding steroid dienone is 1. The van der Waals surface area contributed by atoms with E-state index >= 15 is 0 Å². The van der Waals surface area contributed by atoms with Gasteiger partial charge >= 0.3 is 11.9 Å². The molecule has 0 bridgehead atoms. The van der Waals surface area contributed by atoms with Crippen LogP contribution in [0.25, 0.3) is 6.08 Å². The number of methoxy groups -OCH3 is 2. The van der Waals surface area contributed by atoms with E-state index in [-0.39, 0.29) is 11.3 Å². The molecule has 4 rings (SSSR count). The minimum Gasteiger partial charge on any atom is -0.493 e. The highest BCUT2D eigenvalue weighted by molar-refractivity contribution is 9.10. The lowest BCUT2D eigenvalue weighted by Crippen LogP contribution is -2.40. The summed E-state index contributed by atoms with van der Waals surface area (Å²) in [4.78, 5) is 43.2. The molecule has 1 aromatic heterocycles. The second-order valence-electron chi connectivity index (χ2n) is 7.83. The summed E-state index contributed by atoms with van der Waals surface area (Å²) in [5.41, 5.74) is 2.07. The number of rotatable bonds is 6. The van der Waals surface area contributed by atoms with Crippen molar-refractivity contribution in [2.45, 2.75) is 26.3 Å². The number of aromatic nitrogens is 1. The summed E-state index contributed by atoms with van der Waals surface area (Å²) in [7, 11) is 2.79. The zero-order valence-electron chi connectivity index (χ0n) is 20.0. The van der Waals surface area contributed by atoms with E-state index in [4.69, 9.17) is 14.2 Å². The third-order valence-corrected chi connectivity index (χ3v) is 7.13. The number of carbonyl (C=O) groups excluding carboxylic acids is 2. The Bertz CT molecular complexity index is 1560. The first kappa shape index (κ1) is 25.6. The van der Waals surface area contributed by atoms with Gasteiger partial charge in [-0.25, -0.2) is 9.79 Å². The zero-order valence-corrected chi connectivity index (χ0v) is 22.4. The van der Waals surface area contributed by atoms with E-state index in [1.807, 2.05) is 37.3 Å². The Labute approximate surface area is 219 Å². The Balaban J connectivity index is 1.94. The van der Waals surface area contributed by atoms with Crippen molar-refractivity contribution in [2.75, 3.05) is 14.2 Å². The number of hydrogen-bond donors (Lipinski definition) is 0. The lowest BCUT2D eigenvalue weighted by atomic mass is 9.95. The van der Waals surface area contributed by atoms with Gasteiger partial charge in [-0.05, 0) is 51.7 Å². The fraction of sp³-hybridized carbons (Fsp3) is 0.231. The third-order valence-electron chi connectivity index (χ3n) is 5.56. The maximum absolute atomic E-state index is 13.7. The van der Waals surface area contributed by atoms with Gasteiger partial charge in [0.15, 0.2) is 16.3 Å². The Morgan fingerprint density at radius 1 is 1.19 bits per heavy atom. The molecule has 0 unspecified atom stereocenters. The van der Waals surface area contributed by atoms with E-state index < -0.39 is 18.0 Å². The van der Waals surface area contributed by atoms with Crippen LogP contribution in [0.1, 0.15) is 37.4 Å². The monoisotopic (exact) mass is 570 g/mol. The van der Waals surface area contributed by atoms with E-state index in [1.54, 1.807) is 18.2 Å². The molecule has 1 aliphatic rings. The van der Waals surface area contributed by atoms with E-state index in [9.17, 15) is 14.4 Å². The maximum atomic E-state index is 13.7. The summed E-state index contributed by atoms with van der Waals surface area (Å²) >= 11 is 4.64. The molecule has 2 aromatic carbocycles. The first-order chi connectivity index (χ1) is 17.3. The number of hydrogen-bond acceptors (Lipinski definition) is 8. The minimum atomic E-state index is -0.667. The molecule has 0 saturated heterocycles. The Morgan fingerprint density at radius 3 is 2.53 bits per heavy atom. The van der Waals surface area contributed by atoms with Crippen LogP contribution < -0.4 is 24.4 Å². The first-order valence-corrected chi connectivity index (χ1v) is 12.6. The molecule has 1 aliphatic heterocycles. The minimum absolute atomic E-state index is 0.253. The number of benzene rings is 2. The van der Waals surface area contributed by atoms with Gasteiger partial charge in [0.05, 0.1) is 40.5 Å². The normalized spacial score (nSPS) is 15.2. The first-order valence-electron chi connectivity index (χ1n) is 11.0. The van der Waals surface area contributed by atoms with Crippen molar-refractivity contribution in [1.82, 2.24) is 4.57 Å². The summed E-state index contributed by atoms with van der Waals surface area (Å²) in [6.07, 6.45) is 2.21. The molecule has 0 aliphatic carbocycles. The molecular formula is C26H23BrN2O6S. The number of esters is 2. The Kier molecular flexibility index (Phi) is 7.56. The molecule has 0 spiro atoms. The molecule has 8 nitrogen and oxygen atoms in total. The average Bonchev–Trinajstić information content (AvgIpc) is 3.18. The number of carbonyl (C=O) groups is 2. The summed E-state index contributed by atoms with van der Waals surface area (Å²) in [5, 5.41) is 0. The van der Waals surface area contributed by atoms with Crippen LogP contribution in [-0.2, 0) is 14.3 Å². The SMILES string of the molecule is CCC1=C(C(=O)OC)[C@@H](c2ccccc2)n2c(s/c(=C/c3cc(Br)c(OC(C)=O)c(OC)c3)c2=O)=N1. The molecule has 36 heavy (non-hydrogen) atoms. The van der Waals surface area contributed by atoms with Gasteiger partial charge in [0.2, 0.25) is 0 Å². The van der Waals surface area contributed by atoms with E-state index in [0.29, 0.717) is 42.8 Å². The van der Waals surface area contributed by atoms with Crippen LogP contribution in [0, 0.1) is 0 Å². The summed E-state index contributed by atoms with van der Waals surface area (Å²) in [6, 6.07) is 12.1. The van der Waals surface area contributed by atoms with Crippen LogP contribution in [0.4, 0.5) is 0 Å². The standard InChI is InChI=1S/C26H23BrN2O6S/c1-5-18-21(25(32)34-4)22(16-9-7-6-8-10-16)29-24(31)20(36-26(29)28-18)13-15-11-17(27)23(35-14(2)30)19(12-15)33-3/h6-13,22H,5H2,1-4H3/b20-13+/t22-/m1/s1. The molecule has 0 radical (unpaired) electrons. The van der Waals surface area contributed by atoms with Crippen LogP contribution >= 0.6 is 27.3 Å². The van der Waals surface area contributed by atoms with Crippen LogP contribution in [0.5, 0.6) is 11.5 Å². The van der Waals surface area contributed by atoms with Crippen molar-refractivity contribution in [1.29, 1.82) is 0 Å². The van der Waals surface area contributed by atoms with Gasteiger partial charge in [0.25, 0.3) is 5.56 Å². The van der Waals surface area contributed by atoms with Gasteiger partial charge < -0.3 is 14.2 Å². The maximum Gasteiger partial charge on any atom is 0.338 e. The number of fused-ring (bicyclic) bond motifs is 1. The predicted octanol–water partition coefficient (Wildman–Crippen LogP) is 3.49. The zero-order chi connectivity index (χ0) is 26.0. The molecule has 186 valence electrons. The van der Waals surface area contributed by atoms with E-state index in [0.717, 1.165) is 5.56 Å². The van der Waals surface area contributed by atoms with Gasteiger partial charge in [0.1, 0.15) is 0 Å². The average molecular weight is 571 g/mol. The number of halogens is 1. The topological polar surface area (TPSA) is 96.2 Å². The lowest BCUT2D eigenvalue weighted by molar-refractivity contribution is -0.136. The quantitative estimate of drug-likeness (QED) is 0.332. The highest BCUT2D eigenvalue weighted by Gasteiger charge is 2.33. The Morgan fingerprint density at radius 2 is 1.92 bits per heavy atom. The van der Waals surface area contributed by atoms with Crippen LogP contribution in [-0.4, -0.2) is 30.7 Å². The highest BCUT2D eigenvalue weighted by Crippen LogP contribution is 2.37. The van der Waals surface area contributed by atoms with E-state index in [1.165, 1.54) is 37.0 Å². The number of thiazole rings is 1. The summed E-state index contributed by atoms with van der Waals surface area (Å²) in [6.45, 7) is 3.21. The molecule has 10 heteroatoms. The molecule has 0 fully saturated rings. The molecule has 1 atom stereocenters. The van der Waals surface area contributed by atoms with Gasteiger partial charge in [0, 0.05) is 6.92 Å². The fourth-order valence-corrected chi connectivity index (χ4v) is 5.59. The summed E-state index contributed by atoms with van der Waals surface area (Å²) < 4.78 is 18.2. The molecule has 2 heterocycles. The fourth-order valence-electron chi connectivity index (χ4n) is 4.03. The second kappa shape index (κ2) is 10.6. The highest BCUT2D eigenvalue weighted by atomic mass is 79.9. The Hall–Kier alpha value is -3.50. The largest absolute Gasteiger partial charge is 0.493 e. The van der Waals surface area contributed by atoms with Crippen molar-refractivity contribution in [3.8, 4) is 11.5 Å². The predicted molar refractivity (Wildman–Crippen MR) is 139 cm³/mol. The molecule has 0 amide bonds. The van der Waals surface area contributed by atoms with Crippen molar-refractivity contribution in [3.63, 3.8) is 0 Å². The van der Waals surface area contributed by atoms with Gasteiger partial charge in [-0.3, -0.25) is 14.2 Å². The van der Waals surface area contributed by atoms with Crippen molar-refractivity contribution in [3.05, 3.63) is 89.0 Å². The van der Waals surface area contributed by atoms with Crippen molar-refractivity contribution < 1.29 is 23.8 Å². The molecule has 0 saturated carbocycles. The lowest BCUT2D eigenvalue weighted by Gasteiger charge is -2.25. The van der Waals surface area contributed by atoms with E-state index in [2.05, 4.69) is 20.9 Å². The third kappa shape index (κ3) is 4.78. The second-order valence-corrected chi connectivity index (χ2v) is 9.69. The van der Waals surface area contributed by atoms with Crippen molar-refractivity contribution in [2.24, 2.45) is 4.99 Å². The van der Waals surface area contributed by atoms with Gasteiger partial charge in [-0.15, -0.1) is 0 Å². The smallest absolute Gasteiger partial charge is 0.338 e. The summed E-state index contributed by atoms with van der Waals surface area (Å²) in [5.74, 6) is -0.414. The van der Waals surface area contributed by atoms with Crippen LogP contribution in [0.2, 0.25) is 0 Å². The van der Waals surface area contributed by atoms with Crippen molar-refractivity contribution >= 4 is 45.3 Å². The molecule has 0 N–H and O–H groups in total. The molecule has 3 aromatic rings.